The van der Waals surface area contributed by atoms with Crippen molar-refractivity contribution in [2.75, 3.05) is 0 Å². The summed E-state index contributed by atoms with van der Waals surface area (Å²) in [6, 6.07) is 10.2. The van der Waals surface area contributed by atoms with Crippen molar-refractivity contribution in [3.63, 3.8) is 0 Å². The second-order valence-corrected chi connectivity index (χ2v) is 7.54. The Morgan fingerprint density at radius 3 is 2.04 bits per heavy atom. The van der Waals surface area contributed by atoms with Crippen LogP contribution in [-0.4, -0.2) is 24.1 Å². The predicted molar refractivity (Wildman–Crippen MR) is 99.7 cm³/mol. The van der Waals surface area contributed by atoms with Crippen LogP contribution >= 0.6 is 0 Å². The molecular formula is C20H29BO3. The van der Waals surface area contributed by atoms with Gasteiger partial charge >= 0.3 is 7.12 Å². The van der Waals surface area contributed by atoms with Crippen LogP contribution in [0, 0.1) is 0 Å². The number of ketones is 1. The molecule has 0 atom stereocenters. The third-order valence-electron chi connectivity index (χ3n) is 5.21. The Hall–Kier alpha value is -1.39. The van der Waals surface area contributed by atoms with Crippen LogP contribution in [0.2, 0.25) is 0 Å². The van der Waals surface area contributed by atoms with Gasteiger partial charge in [0.15, 0.2) is 0 Å². The van der Waals surface area contributed by atoms with E-state index in [0.29, 0.717) is 12.8 Å². The Bertz CT molecular complexity index is 601. The second kappa shape index (κ2) is 7.24. The molecule has 2 rings (SSSR count). The maximum absolute atomic E-state index is 11.7. The highest BCUT2D eigenvalue weighted by Crippen LogP contribution is 2.41. The number of rotatable bonds is 6. The standard InChI is InChI=1S/C20H29BO3/c1-7-17(22)14-13-15(2)18(16-11-9-8-10-12-16)21-23-19(3,4)20(5,6)24-21/h8-12H,7,13-14H2,1-6H3/b18-15-. The van der Waals surface area contributed by atoms with E-state index >= 15 is 0 Å². The molecule has 0 spiro atoms. The quantitative estimate of drug-likeness (QED) is 0.700. The van der Waals surface area contributed by atoms with Crippen molar-refractivity contribution in [2.24, 2.45) is 0 Å². The Morgan fingerprint density at radius 1 is 1.00 bits per heavy atom. The Labute approximate surface area is 146 Å². The van der Waals surface area contributed by atoms with Crippen LogP contribution < -0.4 is 0 Å². The largest absolute Gasteiger partial charge is 0.495 e. The molecule has 1 heterocycles. The fourth-order valence-corrected chi connectivity index (χ4v) is 2.80. The lowest BCUT2D eigenvalue weighted by Crippen LogP contribution is -2.41. The molecule has 0 N–H and O–H groups in total. The lowest BCUT2D eigenvalue weighted by molar-refractivity contribution is -0.118. The maximum atomic E-state index is 11.7. The van der Waals surface area contributed by atoms with Crippen LogP contribution in [-0.2, 0) is 14.1 Å². The first kappa shape index (κ1) is 18.9. The number of hydrogen-bond acceptors (Lipinski definition) is 3. The van der Waals surface area contributed by atoms with Gasteiger partial charge in [-0.25, -0.2) is 0 Å². The molecule has 1 saturated heterocycles. The molecule has 0 aliphatic carbocycles. The minimum Gasteiger partial charge on any atom is -0.399 e. The number of Topliss-reactive ketones (excluding diaryl/α,β-unsaturated/α-hetero) is 1. The molecule has 1 aromatic rings. The summed E-state index contributed by atoms with van der Waals surface area (Å²) in [5, 5.41) is 0. The summed E-state index contributed by atoms with van der Waals surface area (Å²) < 4.78 is 12.5. The van der Waals surface area contributed by atoms with E-state index in [2.05, 4.69) is 46.8 Å². The van der Waals surface area contributed by atoms with Crippen molar-refractivity contribution < 1.29 is 14.1 Å². The van der Waals surface area contributed by atoms with Gasteiger partial charge in [-0.2, -0.15) is 0 Å². The van der Waals surface area contributed by atoms with Crippen molar-refractivity contribution in [3.8, 4) is 0 Å². The van der Waals surface area contributed by atoms with E-state index in [1.165, 1.54) is 0 Å². The van der Waals surface area contributed by atoms with Gasteiger partial charge < -0.3 is 9.31 Å². The topological polar surface area (TPSA) is 35.5 Å². The van der Waals surface area contributed by atoms with E-state index in [1.807, 2.05) is 25.1 Å². The molecule has 4 heteroatoms. The number of allylic oxidation sites excluding steroid dienone is 1. The highest BCUT2D eigenvalue weighted by Gasteiger charge is 2.52. The third kappa shape index (κ3) is 3.98. The highest BCUT2D eigenvalue weighted by atomic mass is 16.7. The van der Waals surface area contributed by atoms with Gasteiger partial charge in [-0.05, 0) is 52.1 Å². The van der Waals surface area contributed by atoms with Crippen molar-refractivity contribution in [1.82, 2.24) is 0 Å². The molecule has 24 heavy (non-hydrogen) atoms. The third-order valence-corrected chi connectivity index (χ3v) is 5.21. The minimum atomic E-state index is -0.408. The number of hydrogen-bond donors (Lipinski definition) is 0. The van der Waals surface area contributed by atoms with Crippen LogP contribution in [0.3, 0.4) is 0 Å². The molecule has 1 aromatic carbocycles. The SMILES string of the molecule is CCC(=O)CC/C(C)=C(\B1OC(C)(C)C(C)(C)O1)c1ccccc1. The first-order chi connectivity index (χ1) is 11.2. The molecular weight excluding hydrogens is 299 g/mol. The molecule has 0 bridgehead atoms. The molecule has 1 aliphatic rings. The first-order valence-electron chi connectivity index (χ1n) is 8.80. The summed E-state index contributed by atoms with van der Waals surface area (Å²) in [4.78, 5) is 11.7. The fraction of sp³-hybridized carbons (Fsp3) is 0.550. The molecule has 3 nitrogen and oxygen atoms in total. The second-order valence-electron chi connectivity index (χ2n) is 7.54. The van der Waals surface area contributed by atoms with Gasteiger partial charge in [0.05, 0.1) is 11.2 Å². The van der Waals surface area contributed by atoms with Crippen LogP contribution in [0.5, 0.6) is 0 Å². The highest BCUT2D eigenvalue weighted by molar-refractivity contribution is 6.69. The predicted octanol–water partition coefficient (Wildman–Crippen LogP) is 4.85. The molecule has 0 aromatic heterocycles. The van der Waals surface area contributed by atoms with E-state index in [0.717, 1.165) is 23.0 Å². The summed E-state index contributed by atoms with van der Waals surface area (Å²) in [6.45, 7) is 12.2. The zero-order chi connectivity index (χ0) is 18.0. The van der Waals surface area contributed by atoms with Crippen LogP contribution in [0.1, 0.15) is 66.4 Å². The summed E-state index contributed by atoms with van der Waals surface area (Å²) in [6.07, 6.45) is 1.89. The minimum absolute atomic E-state index is 0.288. The first-order valence-corrected chi connectivity index (χ1v) is 8.80. The van der Waals surface area contributed by atoms with Gasteiger partial charge in [-0.1, -0.05) is 42.8 Å². The number of benzene rings is 1. The van der Waals surface area contributed by atoms with Crippen LogP contribution in [0.4, 0.5) is 0 Å². The van der Waals surface area contributed by atoms with Crippen molar-refractivity contribution >= 4 is 18.4 Å². The number of carbonyl (C=O) groups excluding carboxylic acids is 1. The van der Waals surface area contributed by atoms with E-state index < -0.39 is 7.12 Å². The summed E-state index contributed by atoms with van der Waals surface area (Å²) in [7, 11) is -0.408. The molecule has 0 amide bonds. The molecule has 0 unspecified atom stereocenters. The van der Waals surface area contributed by atoms with Gasteiger partial charge in [0.1, 0.15) is 5.78 Å². The van der Waals surface area contributed by atoms with Gasteiger partial charge in [-0.15, -0.1) is 0 Å². The zero-order valence-electron chi connectivity index (χ0n) is 15.8. The van der Waals surface area contributed by atoms with E-state index in [-0.39, 0.29) is 17.0 Å². The maximum Gasteiger partial charge on any atom is 0.495 e. The Morgan fingerprint density at radius 2 is 1.54 bits per heavy atom. The molecule has 0 radical (unpaired) electrons. The smallest absolute Gasteiger partial charge is 0.399 e. The van der Waals surface area contributed by atoms with Gasteiger partial charge in [0.25, 0.3) is 0 Å². The molecule has 130 valence electrons. The average Bonchev–Trinajstić information content (AvgIpc) is 2.73. The Kier molecular flexibility index (Phi) is 5.72. The lowest BCUT2D eigenvalue weighted by atomic mass is 9.70. The van der Waals surface area contributed by atoms with E-state index in [9.17, 15) is 4.79 Å². The lowest BCUT2D eigenvalue weighted by Gasteiger charge is -2.32. The summed E-state index contributed by atoms with van der Waals surface area (Å²) in [5.41, 5.74) is 2.55. The molecule has 1 fully saturated rings. The van der Waals surface area contributed by atoms with E-state index in [1.54, 1.807) is 0 Å². The van der Waals surface area contributed by atoms with Crippen molar-refractivity contribution in [2.45, 2.75) is 72.0 Å². The van der Waals surface area contributed by atoms with Crippen LogP contribution in [0.15, 0.2) is 35.9 Å². The normalized spacial score (nSPS) is 20.0. The summed E-state index contributed by atoms with van der Waals surface area (Å²) in [5.74, 6) is 0.288. The monoisotopic (exact) mass is 328 g/mol. The van der Waals surface area contributed by atoms with E-state index in [4.69, 9.17) is 9.31 Å². The van der Waals surface area contributed by atoms with Crippen molar-refractivity contribution in [1.29, 1.82) is 0 Å². The number of carbonyl (C=O) groups is 1. The fourth-order valence-electron chi connectivity index (χ4n) is 2.80. The molecule has 0 saturated carbocycles. The van der Waals surface area contributed by atoms with Gasteiger partial charge in [-0.3, -0.25) is 4.79 Å². The summed E-state index contributed by atoms with van der Waals surface area (Å²) >= 11 is 0. The molecule has 1 aliphatic heterocycles. The average molecular weight is 328 g/mol. The Balaban J connectivity index is 2.36. The van der Waals surface area contributed by atoms with Crippen molar-refractivity contribution in [3.05, 3.63) is 41.5 Å². The zero-order valence-corrected chi connectivity index (χ0v) is 15.8. The van der Waals surface area contributed by atoms with Gasteiger partial charge in [0, 0.05) is 12.8 Å². The van der Waals surface area contributed by atoms with Gasteiger partial charge in [0.2, 0.25) is 0 Å². The van der Waals surface area contributed by atoms with Crippen LogP contribution in [0.25, 0.3) is 5.47 Å².